The molecule has 0 saturated heterocycles. The standard InChI is InChI=1S/C15H32N4O/c1-5-9-19(11-10-18(3)4)13-7-8-15(12-13,14(16)20)17-6-2/h13,17H,5-12H2,1-4H3,(H2,16,20). The molecule has 2 unspecified atom stereocenters. The number of nitrogens with zero attached hydrogens (tertiary/aromatic N) is 2. The van der Waals surface area contributed by atoms with Crippen LogP contribution in [-0.2, 0) is 4.79 Å². The Morgan fingerprint density at radius 1 is 1.30 bits per heavy atom. The molecule has 1 rings (SSSR count). The molecule has 5 heteroatoms. The molecule has 1 aliphatic carbocycles. The van der Waals surface area contributed by atoms with Crippen LogP contribution >= 0.6 is 0 Å². The summed E-state index contributed by atoms with van der Waals surface area (Å²) in [4.78, 5) is 16.6. The maximum absolute atomic E-state index is 11.8. The van der Waals surface area contributed by atoms with E-state index >= 15 is 0 Å². The third-order valence-electron chi connectivity index (χ3n) is 4.34. The Kier molecular flexibility index (Phi) is 6.92. The highest BCUT2D eigenvalue weighted by molar-refractivity contribution is 5.85. The molecular formula is C15H32N4O. The minimum absolute atomic E-state index is 0.189. The largest absolute Gasteiger partial charge is 0.368 e. The number of nitrogens with two attached hydrogens (primary N) is 1. The predicted molar refractivity (Wildman–Crippen MR) is 83.7 cm³/mol. The number of primary amides is 1. The van der Waals surface area contributed by atoms with E-state index in [4.69, 9.17) is 5.73 Å². The van der Waals surface area contributed by atoms with Gasteiger partial charge in [0.25, 0.3) is 0 Å². The second-order valence-corrected chi connectivity index (χ2v) is 6.21. The summed E-state index contributed by atoms with van der Waals surface area (Å²) < 4.78 is 0. The minimum Gasteiger partial charge on any atom is -0.368 e. The number of hydrogen-bond donors (Lipinski definition) is 2. The van der Waals surface area contributed by atoms with E-state index in [0.717, 1.165) is 51.9 Å². The van der Waals surface area contributed by atoms with Gasteiger partial charge in [-0.3, -0.25) is 9.69 Å². The zero-order valence-electron chi connectivity index (χ0n) is 13.6. The predicted octanol–water partition coefficient (Wildman–Crippen LogP) is 0.646. The van der Waals surface area contributed by atoms with Crippen molar-refractivity contribution in [2.24, 2.45) is 5.73 Å². The van der Waals surface area contributed by atoms with Crippen molar-refractivity contribution in [2.75, 3.05) is 40.3 Å². The fourth-order valence-corrected chi connectivity index (χ4v) is 3.23. The van der Waals surface area contributed by atoms with E-state index in [2.05, 4.69) is 36.1 Å². The molecule has 0 aromatic rings. The Balaban J connectivity index is 2.67. The van der Waals surface area contributed by atoms with Gasteiger partial charge in [-0.1, -0.05) is 13.8 Å². The second-order valence-electron chi connectivity index (χ2n) is 6.21. The SMILES string of the molecule is CCCN(CCN(C)C)C1CCC(NCC)(C(N)=O)C1. The smallest absolute Gasteiger partial charge is 0.237 e. The first kappa shape index (κ1) is 17.4. The van der Waals surface area contributed by atoms with E-state index < -0.39 is 5.54 Å². The summed E-state index contributed by atoms with van der Waals surface area (Å²) in [7, 11) is 4.20. The second kappa shape index (κ2) is 7.96. The highest BCUT2D eigenvalue weighted by Crippen LogP contribution is 2.33. The molecule has 118 valence electrons. The first-order valence-corrected chi connectivity index (χ1v) is 7.89. The van der Waals surface area contributed by atoms with Crippen molar-refractivity contribution in [3.8, 4) is 0 Å². The van der Waals surface area contributed by atoms with Crippen LogP contribution in [0, 0.1) is 0 Å². The lowest BCUT2D eigenvalue weighted by molar-refractivity contribution is -0.124. The Morgan fingerprint density at radius 3 is 2.50 bits per heavy atom. The minimum atomic E-state index is -0.483. The summed E-state index contributed by atoms with van der Waals surface area (Å²) >= 11 is 0. The molecule has 0 heterocycles. The zero-order valence-corrected chi connectivity index (χ0v) is 13.6. The van der Waals surface area contributed by atoms with Gasteiger partial charge in [-0.25, -0.2) is 0 Å². The molecule has 3 N–H and O–H groups in total. The summed E-state index contributed by atoms with van der Waals surface area (Å²) in [5.74, 6) is -0.189. The quantitative estimate of drug-likeness (QED) is 0.652. The topological polar surface area (TPSA) is 61.6 Å². The molecule has 2 atom stereocenters. The van der Waals surface area contributed by atoms with Gasteiger partial charge >= 0.3 is 0 Å². The monoisotopic (exact) mass is 284 g/mol. The third-order valence-corrected chi connectivity index (χ3v) is 4.34. The number of rotatable bonds is 9. The van der Waals surface area contributed by atoms with E-state index in [-0.39, 0.29) is 5.91 Å². The fraction of sp³-hybridized carbons (Fsp3) is 0.933. The van der Waals surface area contributed by atoms with Crippen molar-refractivity contribution in [3.63, 3.8) is 0 Å². The number of likely N-dealkylation sites (N-methyl/N-ethyl adjacent to an activating group) is 2. The normalized spacial score (nSPS) is 26.6. The molecule has 0 bridgehead atoms. The van der Waals surface area contributed by atoms with Crippen LogP contribution < -0.4 is 11.1 Å². The average molecular weight is 284 g/mol. The fourth-order valence-electron chi connectivity index (χ4n) is 3.23. The first-order chi connectivity index (χ1) is 9.45. The van der Waals surface area contributed by atoms with Gasteiger partial charge in [0.15, 0.2) is 0 Å². The van der Waals surface area contributed by atoms with Crippen molar-refractivity contribution in [2.45, 2.75) is 51.1 Å². The van der Waals surface area contributed by atoms with Gasteiger partial charge in [0.2, 0.25) is 5.91 Å². The van der Waals surface area contributed by atoms with Crippen LogP contribution in [0.25, 0.3) is 0 Å². The van der Waals surface area contributed by atoms with E-state index in [1.165, 1.54) is 0 Å². The van der Waals surface area contributed by atoms with Crippen LogP contribution in [0.4, 0.5) is 0 Å². The molecule has 1 saturated carbocycles. The summed E-state index contributed by atoms with van der Waals surface area (Å²) in [5, 5.41) is 3.34. The molecule has 0 aromatic heterocycles. The first-order valence-electron chi connectivity index (χ1n) is 7.89. The van der Waals surface area contributed by atoms with E-state index in [0.29, 0.717) is 6.04 Å². The van der Waals surface area contributed by atoms with E-state index in [1.54, 1.807) is 0 Å². The number of hydrogen-bond acceptors (Lipinski definition) is 4. The molecule has 0 spiro atoms. The van der Waals surface area contributed by atoms with Gasteiger partial charge in [0, 0.05) is 19.1 Å². The van der Waals surface area contributed by atoms with Gasteiger partial charge in [-0.05, 0) is 52.9 Å². The Labute approximate surface area is 123 Å². The Morgan fingerprint density at radius 2 is 2.00 bits per heavy atom. The molecule has 1 amide bonds. The molecule has 0 aromatic carbocycles. The molecule has 20 heavy (non-hydrogen) atoms. The van der Waals surface area contributed by atoms with Crippen LogP contribution in [0.1, 0.15) is 39.5 Å². The van der Waals surface area contributed by atoms with Crippen molar-refractivity contribution in [3.05, 3.63) is 0 Å². The molecule has 0 radical (unpaired) electrons. The third kappa shape index (κ3) is 4.43. The highest BCUT2D eigenvalue weighted by atomic mass is 16.1. The van der Waals surface area contributed by atoms with Crippen LogP contribution in [0.3, 0.4) is 0 Å². The number of amides is 1. The lowest BCUT2D eigenvalue weighted by Crippen LogP contribution is -2.54. The molecular weight excluding hydrogens is 252 g/mol. The lowest BCUT2D eigenvalue weighted by atomic mass is 9.96. The molecule has 5 nitrogen and oxygen atoms in total. The van der Waals surface area contributed by atoms with Gasteiger partial charge in [0.05, 0.1) is 5.54 Å². The number of nitrogens with one attached hydrogen (secondary N) is 1. The van der Waals surface area contributed by atoms with Gasteiger partial charge in [-0.15, -0.1) is 0 Å². The Bertz CT molecular complexity index is 308. The Hall–Kier alpha value is -0.650. The molecule has 1 aliphatic rings. The van der Waals surface area contributed by atoms with Crippen molar-refractivity contribution >= 4 is 5.91 Å². The average Bonchev–Trinajstić information content (AvgIpc) is 2.80. The van der Waals surface area contributed by atoms with Crippen LogP contribution in [0.15, 0.2) is 0 Å². The highest BCUT2D eigenvalue weighted by Gasteiger charge is 2.44. The van der Waals surface area contributed by atoms with Gasteiger partial charge in [-0.2, -0.15) is 0 Å². The zero-order chi connectivity index (χ0) is 15.2. The van der Waals surface area contributed by atoms with Crippen molar-refractivity contribution in [1.82, 2.24) is 15.1 Å². The van der Waals surface area contributed by atoms with E-state index in [9.17, 15) is 4.79 Å². The summed E-state index contributed by atoms with van der Waals surface area (Å²) in [6, 6.07) is 0.474. The van der Waals surface area contributed by atoms with Gasteiger partial charge in [0.1, 0.15) is 0 Å². The van der Waals surface area contributed by atoms with Crippen molar-refractivity contribution in [1.29, 1.82) is 0 Å². The maximum atomic E-state index is 11.8. The summed E-state index contributed by atoms with van der Waals surface area (Å²) in [5.41, 5.74) is 5.17. The molecule has 0 aliphatic heterocycles. The summed E-state index contributed by atoms with van der Waals surface area (Å²) in [6.07, 6.45) is 3.92. The van der Waals surface area contributed by atoms with Crippen molar-refractivity contribution < 1.29 is 4.79 Å². The van der Waals surface area contributed by atoms with Crippen LogP contribution in [-0.4, -0.2) is 67.6 Å². The maximum Gasteiger partial charge on any atom is 0.237 e. The number of carbonyl (C=O) groups excluding carboxylic acids is 1. The number of carbonyl (C=O) groups is 1. The van der Waals surface area contributed by atoms with E-state index in [1.807, 2.05) is 6.92 Å². The molecule has 1 fully saturated rings. The van der Waals surface area contributed by atoms with Gasteiger partial charge < -0.3 is 16.0 Å². The summed E-state index contributed by atoms with van der Waals surface area (Å²) in [6.45, 7) is 8.26. The van der Waals surface area contributed by atoms with Crippen LogP contribution in [0.5, 0.6) is 0 Å². The lowest BCUT2D eigenvalue weighted by Gasteiger charge is -2.32. The van der Waals surface area contributed by atoms with Crippen LogP contribution in [0.2, 0.25) is 0 Å².